The summed E-state index contributed by atoms with van der Waals surface area (Å²) in [5.41, 5.74) is 0. The summed E-state index contributed by atoms with van der Waals surface area (Å²) in [5.74, 6) is 1.55. The van der Waals surface area contributed by atoms with Crippen molar-refractivity contribution in [3.63, 3.8) is 0 Å². The third-order valence-electron chi connectivity index (χ3n) is 3.61. The normalized spacial score (nSPS) is 15.5. The molecule has 0 spiro atoms. The van der Waals surface area contributed by atoms with Gasteiger partial charge in [0.25, 0.3) is 0 Å². The third kappa shape index (κ3) is 4.80. The van der Waals surface area contributed by atoms with Crippen molar-refractivity contribution in [2.45, 2.75) is 6.92 Å². The number of hydrogen-bond donors (Lipinski definition) is 1. The van der Waals surface area contributed by atoms with Crippen molar-refractivity contribution in [1.29, 1.82) is 0 Å². The first-order valence-electron chi connectivity index (χ1n) is 7.87. The van der Waals surface area contributed by atoms with Crippen LogP contribution in [0.5, 0.6) is 0 Å². The van der Waals surface area contributed by atoms with E-state index in [2.05, 4.69) is 30.1 Å². The summed E-state index contributed by atoms with van der Waals surface area (Å²) >= 11 is 0. The molecule has 1 aliphatic heterocycles. The molecule has 1 saturated heterocycles. The SMILES string of the molecule is CCNC(=NCC(=O)N(C)C)N1CCN(c2ncccn2)CC1. The number of anilines is 1. The zero-order valence-electron chi connectivity index (χ0n) is 14.1. The van der Waals surface area contributed by atoms with Crippen molar-refractivity contribution in [2.75, 3.05) is 58.3 Å². The molecule has 1 aromatic heterocycles. The third-order valence-corrected chi connectivity index (χ3v) is 3.61. The quantitative estimate of drug-likeness (QED) is 0.604. The van der Waals surface area contributed by atoms with Crippen LogP contribution < -0.4 is 10.2 Å². The molecule has 0 aromatic carbocycles. The zero-order chi connectivity index (χ0) is 16.7. The molecule has 8 nitrogen and oxygen atoms in total. The summed E-state index contributed by atoms with van der Waals surface area (Å²) in [5, 5.41) is 3.26. The average molecular weight is 319 g/mol. The van der Waals surface area contributed by atoms with Crippen LogP contribution in [-0.4, -0.2) is 85.0 Å². The summed E-state index contributed by atoms with van der Waals surface area (Å²) in [7, 11) is 3.48. The van der Waals surface area contributed by atoms with E-state index in [1.54, 1.807) is 31.4 Å². The maximum Gasteiger partial charge on any atom is 0.243 e. The van der Waals surface area contributed by atoms with Gasteiger partial charge >= 0.3 is 0 Å². The number of aliphatic imine (C=N–C) groups is 1. The Kier molecular flexibility index (Phi) is 6.13. The Labute approximate surface area is 137 Å². The van der Waals surface area contributed by atoms with Gasteiger partial charge in [-0.05, 0) is 13.0 Å². The first-order valence-corrected chi connectivity index (χ1v) is 7.87. The van der Waals surface area contributed by atoms with Gasteiger partial charge < -0.3 is 20.0 Å². The van der Waals surface area contributed by atoms with Gasteiger partial charge in [-0.15, -0.1) is 0 Å². The summed E-state index contributed by atoms with van der Waals surface area (Å²) in [6.45, 7) is 6.26. The summed E-state index contributed by atoms with van der Waals surface area (Å²) in [4.78, 5) is 30.6. The van der Waals surface area contributed by atoms with Gasteiger partial charge in [-0.3, -0.25) is 4.79 Å². The molecule has 0 aliphatic carbocycles. The molecule has 0 radical (unpaired) electrons. The highest BCUT2D eigenvalue weighted by Gasteiger charge is 2.21. The number of nitrogens with one attached hydrogen (secondary N) is 1. The molecule has 0 unspecified atom stereocenters. The summed E-state index contributed by atoms with van der Waals surface area (Å²) in [6.07, 6.45) is 3.51. The van der Waals surface area contributed by atoms with Crippen LogP contribution in [0.1, 0.15) is 6.92 Å². The maximum absolute atomic E-state index is 11.7. The van der Waals surface area contributed by atoms with Crippen molar-refractivity contribution in [2.24, 2.45) is 4.99 Å². The molecule has 23 heavy (non-hydrogen) atoms. The lowest BCUT2D eigenvalue weighted by Gasteiger charge is -2.36. The number of likely N-dealkylation sites (N-methyl/N-ethyl adjacent to an activating group) is 1. The standard InChI is InChI=1S/C15H25N7O/c1-4-16-14(19-12-13(23)20(2)3)21-8-10-22(11-9-21)15-17-6-5-7-18-15/h5-7H,4,8-12H2,1-3H3,(H,16,19). The number of hydrogen-bond acceptors (Lipinski definition) is 5. The van der Waals surface area contributed by atoms with Crippen LogP contribution in [0.2, 0.25) is 0 Å². The molecule has 0 atom stereocenters. The number of guanidine groups is 1. The Morgan fingerprint density at radius 1 is 1.26 bits per heavy atom. The van der Waals surface area contributed by atoms with Crippen LogP contribution in [0.4, 0.5) is 5.95 Å². The highest BCUT2D eigenvalue weighted by Crippen LogP contribution is 2.09. The topological polar surface area (TPSA) is 77.0 Å². The second kappa shape index (κ2) is 8.30. The van der Waals surface area contributed by atoms with E-state index in [0.29, 0.717) is 0 Å². The smallest absolute Gasteiger partial charge is 0.243 e. The highest BCUT2D eigenvalue weighted by molar-refractivity contribution is 5.85. The largest absolute Gasteiger partial charge is 0.357 e. The van der Waals surface area contributed by atoms with E-state index in [4.69, 9.17) is 0 Å². The van der Waals surface area contributed by atoms with E-state index in [1.807, 2.05) is 13.0 Å². The van der Waals surface area contributed by atoms with E-state index in [-0.39, 0.29) is 12.5 Å². The van der Waals surface area contributed by atoms with Crippen molar-refractivity contribution in [1.82, 2.24) is 25.1 Å². The molecule has 1 aliphatic rings. The number of carbonyl (C=O) groups is 1. The van der Waals surface area contributed by atoms with Crippen LogP contribution >= 0.6 is 0 Å². The van der Waals surface area contributed by atoms with Crippen molar-refractivity contribution >= 4 is 17.8 Å². The molecule has 1 fully saturated rings. The van der Waals surface area contributed by atoms with E-state index in [9.17, 15) is 4.79 Å². The lowest BCUT2D eigenvalue weighted by atomic mass is 10.3. The second-order valence-electron chi connectivity index (χ2n) is 5.48. The van der Waals surface area contributed by atoms with Crippen molar-refractivity contribution in [3.05, 3.63) is 18.5 Å². The second-order valence-corrected chi connectivity index (χ2v) is 5.48. The summed E-state index contributed by atoms with van der Waals surface area (Å²) in [6, 6.07) is 1.82. The van der Waals surface area contributed by atoms with Crippen molar-refractivity contribution in [3.8, 4) is 0 Å². The van der Waals surface area contributed by atoms with Crippen molar-refractivity contribution < 1.29 is 4.79 Å². The molecule has 1 N–H and O–H groups in total. The lowest BCUT2D eigenvalue weighted by molar-refractivity contribution is -0.127. The Bertz CT molecular complexity index is 524. The molecular formula is C15H25N7O. The molecule has 2 heterocycles. The maximum atomic E-state index is 11.7. The fraction of sp³-hybridized carbons (Fsp3) is 0.600. The Morgan fingerprint density at radius 3 is 2.48 bits per heavy atom. The van der Waals surface area contributed by atoms with Gasteiger partial charge in [-0.25, -0.2) is 15.0 Å². The van der Waals surface area contributed by atoms with Gasteiger partial charge in [0.05, 0.1) is 0 Å². The number of rotatable bonds is 4. The number of amides is 1. The first-order chi connectivity index (χ1) is 11.1. The van der Waals surface area contributed by atoms with Crippen LogP contribution in [0.3, 0.4) is 0 Å². The first kappa shape index (κ1) is 17.0. The van der Waals surface area contributed by atoms with E-state index < -0.39 is 0 Å². The molecule has 2 rings (SSSR count). The van der Waals surface area contributed by atoms with Gasteiger partial charge in [-0.1, -0.05) is 0 Å². The molecule has 126 valence electrons. The molecule has 0 saturated carbocycles. The Hall–Kier alpha value is -2.38. The molecule has 1 aromatic rings. The molecule has 0 bridgehead atoms. The van der Waals surface area contributed by atoms with Crippen LogP contribution in [0.25, 0.3) is 0 Å². The van der Waals surface area contributed by atoms with Gasteiger partial charge in [0.1, 0.15) is 6.54 Å². The average Bonchev–Trinajstić information content (AvgIpc) is 2.59. The van der Waals surface area contributed by atoms with Crippen LogP contribution in [-0.2, 0) is 4.79 Å². The molecular weight excluding hydrogens is 294 g/mol. The monoisotopic (exact) mass is 319 g/mol. The minimum Gasteiger partial charge on any atom is -0.357 e. The predicted molar refractivity (Wildman–Crippen MR) is 90.5 cm³/mol. The fourth-order valence-electron chi connectivity index (χ4n) is 2.28. The fourth-order valence-corrected chi connectivity index (χ4v) is 2.28. The van der Waals surface area contributed by atoms with Crippen LogP contribution in [0, 0.1) is 0 Å². The van der Waals surface area contributed by atoms with Gasteiger partial charge in [-0.2, -0.15) is 0 Å². The van der Waals surface area contributed by atoms with E-state index >= 15 is 0 Å². The zero-order valence-corrected chi connectivity index (χ0v) is 14.1. The van der Waals surface area contributed by atoms with Crippen LogP contribution in [0.15, 0.2) is 23.5 Å². The van der Waals surface area contributed by atoms with Gasteiger partial charge in [0.15, 0.2) is 5.96 Å². The summed E-state index contributed by atoms with van der Waals surface area (Å²) < 4.78 is 0. The number of aromatic nitrogens is 2. The molecule has 8 heteroatoms. The van der Waals surface area contributed by atoms with E-state index in [0.717, 1.165) is 44.6 Å². The minimum absolute atomic E-state index is 0.00303. The highest BCUT2D eigenvalue weighted by atomic mass is 16.2. The predicted octanol–water partition coefficient (Wildman–Crippen LogP) is -0.348. The van der Waals surface area contributed by atoms with Gasteiger partial charge in [0.2, 0.25) is 11.9 Å². The Balaban J connectivity index is 1.94. The number of carbonyl (C=O) groups excluding carboxylic acids is 1. The minimum atomic E-state index is -0.00303. The van der Waals surface area contributed by atoms with E-state index in [1.165, 1.54) is 0 Å². The Morgan fingerprint density at radius 2 is 1.91 bits per heavy atom. The number of nitrogens with zero attached hydrogens (tertiary/aromatic N) is 6. The number of piperazine rings is 1. The molecule has 1 amide bonds. The van der Waals surface area contributed by atoms with Gasteiger partial charge in [0, 0.05) is 59.2 Å². The lowest BCUT2D eigenvalue weighted by Crippen LogP contribution is -2.53.